The molecular formula is C20H22O7. The van der Waals surface area contributed by atoms with Crippen LogP contribution >= 0.6 is 0 Å². The molecule has 2 aliphatic heterocycles. The molecule has 1 unspecified atom stereocenters. The normalized spacial score (nSPS) is 45.6. The number of allylic oxidation sites excluding steroid dienone is 1. The molecule has 7 heteroatoms. The predicted molar refractivity (Wildman–Crippen MR) is 92.3 cm³/mol. The van der Waals surface area contributed by atoms with Gasteiger partial charge in [0.1, 0.15) is 29.5 Å². The van der Waals surface area contributed by atoms with Crippen LogP contribution in [-0.4, -0.2) is 52.3 Å². The molecule has 0 radical (unpaired) electrons. The smallest absolute Gasteiger partial charge is 0.334 e. The van der Waals surface area contributed by atoms with E-state index < -0.39 is 53.3 Å². The molecule has 7 atom stereocenters. The molecule has 0 amide bonds. The number of carbonyl (C=O) groups excluding carboxylic acids is 3. The molecule has 7 nitrogen and oxygen atoms in total. The molecule has 4 rings (SSSR count). The highest BCUT2D eigenvalue weighted by atomic mass is 16.6. The minimum Gasteiger partial charge on any atom is -0.458 e. The molecule has 1 N–H and O–H groups in total. The second-order valence-corrected chi connectivity index (χ2v) is 7.92. The molecule has 2 aliphatic carbocycles. The topological polar surface area (TPSA) is 102 Å². The second kappa shape index (κ2) is 5.39. The van der Waals surface area contributed by atoms with Crippen molar-refractivity contribution in [3.8, 4) is 0 Å². The summed E-state index contributed by atoms with van der Waals surface area (Å²) in [6, 6.07) is 0. The maximum absolute atomic E-state index is 12.8. The molecule has 2 heterocycles. The Hall–Kier alpha value is -2.25. The van der Waals surface area contributed by atoms with Gasteiger partial charge in [0.25, 0.3) is 0 Å². The average molecular weight is 374 g/mol. The lowest BCUT2D eigenvalue weighted by Crippen LogP contribution is -2.58. The molecular weight excluding hydrogens is 352 g/mol. The Kier molecular flexibility index (Phi) is 3.62. The van der Waals surface area contributed by atoms with Gasteiger partial charge in [0, 0.05) is 17.6 Å². The van der Waals surface area contributed by atoms with Gasteiger partial charge >= 0.3 is 11.9 Å². The van der Waals surface area contributed by atoms with Gasteiger partial charge in [-0.25, -0.2) is 9.59 Å². The SMILES string of the molecule is C=C1C(=O)O[C@H]2C1[C@H](OC(=O)/C(C)=C\C)CC(=C)[C@@H]1C(=O)[C@H]3O[C@@]3(C)[C@@]12O. The van der Waals surface area contributed by atoms with Crippen LogP contribution in [-0.2, 0) is 28.6 Å². The number of ether oxygens (including phenoxy) is 3. The van der Waals surface area contributed by atoms with Crippen LogP contribution < -0.4 is 0 Å². The fraction of sp³-hybridized carbons (Fsp3) is 0.550. The van der Waals surface area contributed by atoms with E-state index in [2.05, 4.69) is 13.2 Å². The Labute approximate surface area is 156 Å². The Morgan fingerprint density at radius 2 is 2.04 bits per heavy atom. The van der Waals surface area contributed by atoms with Gasteiger partial charge in [0.05, 0.1) is 11.8 Å². The monoisotopic (exact) mass is 374 g/mol. The fourth-order valence-corrected chi connectivity index (χ4v) is 4.79. The van der Waals surface area contributed by atoms with Crippen LogP contribution in [0.5, 0.6) is 0 Å². The molecule has 4 aliphatic rings. The zero-order valence-electron chi connectivity index (χ0n) is 15.5. The molecule has 0 aromatic rings. The van der Waals surface area contributed by atoms with Crippen LogP contribution in [0.1, 0.15) is 27.2 Å². The van der Waals surface area contributed by atoms with Crippen LogP contribution in [0.25, 0.3) is 0 Å². The van der Waals surface area contributed by atoms with Crippen molar-refractivity contribution in [2.75, 3.05) is 0 Å². The Bertz CT molecular complexity index is 839. The number of esters is 2. The van der Waals surface area contributed by atoms with Crippen molar-refractivity contribution in [2.45, 2.75) is 56.7 Å². The Morgan fingerprint density at radius 1 is 1.37 bits per heavy atom. The fourth-order valence-electron chi connectivity index (χ4n) is 4.79. The summed E-state index contributed by atoms with van der Waals surface area (Å²) < 4.78 is 16.6. The molecule has 0 aromatic carbocycles. The van der Waals surface area contributed by atoms with Crippen molar-refractivity contribution in [3.63, 3.8) is 0 Å². The molecule has 4 fully saturated rings. The Balaban J connectivity index is 1.80. The number of Topliss-reactive ketones (excluding diaryl/α,β-unsaturated/α-hetero) is 1. The average Bonchev–Trinajstić information content (AvgIpc) is 3.20. The summed E-state index contributed by atoms with van der Waals surface area (Å²) in [7, 11) is 0. The largest absolute Gasteiger partial charge is 0.458 e. The van der Waals surface area contributed by atoms with Gasteiger partial charge < -0.3 is 19.3 Å². The molecule has 27 heavy (non-hydrogen) atoms. The van der Waals surface area contributed by atoms with Crippen LogP contribution in [0.2, 0.25) is 0 Å². The standard InChI is InChI=1S/C20H22O7/c1-6-8(2)17(22)25-11-7-9(3)13-14(21)16-19(5,27-16)20(13,24)15-12(11)10(4)18(23)26-15/h6,11-13,15-16,24H,3-4,7H2,1-2,5H3/b8-6-/t11-,12?,13-,15+,16-,19-,20-/m1/s1. The number of hydrogen-bond acceptors (Lipinski definition) is 7. The predicted octanol–water partition coefficient (Wildman–Crippen LogP) is 1.01. The number of hydrogen-bond donors (Lipinski definition) is 1. The Morgan fingerprint density at radius 3 is 2.67 bits per heavy atom. The summed E-state index contributed by atoms with van der Waals surface area (Å²) in [5, 5.41) is 11.6. The van der Waals surface area contributed by atoms with Gasteiger partial charge in [-0.3, -0.25) is 4.79 Å². The zero-order chi connectivity index (χ0) is 19.9. The van der Waals surface area contributed by atoms with Gasteiger partial charge in [-0.2, -0.15) is 0 Å². The summed E-state index contributed by atoms with van der Waals surface area (Å²) in [4.78, 5) is 37.4. The van der Waals surface area contributed by atoms with Gasteiger partial charge in [0.15, 0.2) is 5.78 Å². The van der Waals surface area contributed by atoms with E-state index in [0.717, 1.165) is 0 Å². The molecule has 0 aromatic heterocycles. The van der Waals surface area contributed by atoms with Gasteiger partial charge in [-0.1, -0.05) is 24.8 Å². The first-order chi connectivity index (χ1) is 12.6. The molecule has 0 spiro atoms. The van der Waals surface area contributed by atoms with Crippen molar-refractivity contribution in [2.24, 2.45) is 11.8 Å². The third kappa shape index (κ3) is 2.07. The summed E-state index contributed by atoms with van der Waals surface area (Å²) in [6.45, 7) is 12.7. The summed E-state index contributed by atoms with van der Waals surface area (Å²) in [5.41, 5.74) is -1.98. The third-order valence-electron chi connectivity index (χ3n) is 6.53. The minimum absolute atomic E-state index is 0.109. The second-order valence-electron chi connectivity index (χ2n) is 7.92. The van der Waals surface area contributed by atoms with E-state index in [0.29, 0.717) is 11.1 Å². The van der Waals surface area contributed by atoms with E-state index in [9.17, 15) is 19.5 Å². The molecule has 0 bridgehead atoms. The minimum atomic E-state index is -1.78. The summed E-state index contributed by atoms with van der Waals surface area (Å²) in [5.74, 6) is -3.23. The lowest BCUT2D eigenvalue weighted by molar-refractivity contribution is -0.179. The van der Waals surface area contributed by atoms with E-state index in [1.165, 1.54) is 0 Å². The van der Waals surface area contributed by atoms with E-state index in [1.807, 2.05) is 0 Å². The number of aliphatic hydroxyl groups is 1. The van der Waals surface area contributed by atoms with E-state index in [1.54, 1.807) is 26.8 Å². The van der Waals surface area contributed by atoms with E-state index in [-0.39, 0.29) is 17.8 Å². The number of epoxide rings is 1. The van der Waals surface area contributed by atoms with Crippen molar-refractivity contribution >= 4 is 17.7 Å². The lowest BCUT2D eigenvalue weighted by Gasteiger charge is -2.39. The quantitative estimate of drug-likeness (QED) is 0.333. The molecule has 144 valence electrons. The number of ketones is 1. The van der Waals surface area contributed by atoms with Crippen molar-refractivity contribution in [3.05, 3.63) is 36.0 Å². The maximum Gasteiger partial charge on any atom is 0.334 e. The van der Waals surface area contributed by atoms with Crippen LogP contribution in [0.15, 0.2) is 36.0 Å². The van der Waals surface area contributed by atoms with Crippen molar-refractivity contribution in [1.82, 2.24) is 0 Å². The van der Waals surface area contributed by atoms with Gasteiger partial charge in [-0.15, -0.1) is 0 Å². The lowest BCUT2D eigenvalue weighted by atomic mass is 9.73. The van der Waals surface area contributed by atoms with Crippen molar-refractivity contribution < 1.29 is 33.7 Å². The van der Waals surface area contributed by atoms with Crippen LogP contribution in [0, 0.1) is 11.8 Å². The first-order valence-corrected chi connectivity index (χ1v) is 8.93. The molecule has 2 saturated carbocycles. The first kappa shape index (κ1) is 18.1. The highest BCUT2D eigenvalue weighted by Crippen LogP contribution is 2.64. The van der Waals surface area contributed by atoms with Crippen molar-refractivity contribution in [1.29, 1.82) is 0 Å². The van der Waals surface area contributed by atoms with Gasteiger partial charge in [0.2, 0.25) is 0 Å². The van der Waals surface area contributed by atoms with E-state index in [4.69, 9.17) is 14.2 Å². The van der Waals surface area contributed by atoms with Crippen LogP contribution in [0.3, 0.4) is 0 Å². The van der Waals surface area contributed by atoms with E-state index >= 15 is 0 Å². The zero-order valence-corrected chi connectivity index (χ0v) is 15.5. The highest BCUT2D eigenvalue weighted by Gasteiger charge is 2.84. The molecule has 2 saturated heterocycles. The number of carbonyl (C=O) groups is 3. The third-order valence-corrected chi connectivity index (χ3v) is 6.53. The van der Waals surface area contributed by atoms with Gasteiger partial charge in [-0.05, 0) is 20.8 Å². The summed E-state index contributed by atoms with van der Waals surface area (Å²) in [6.07, 6.45) is -0.937. The van der Waals surface area contributed by atoms with Crippen LogP contribution in [0.4, 0.5) is 0 Å². The highest BCUT2D eigenvalue weighted by molar-refractivity contribution is 5.98. The maximum atomic E-state index is 12.8. The number of rotatable bonds is 2. The number of fused-ring (bicyclic) bond motifs is 5. The summed E-state index contributed by atoms with van der Waals surface area (Å²) >= 11 is 0. The first-order valence-electron chi connectivity index (χ1n) is 8.93.